The number of ether oxygens (including phenoxy) is 2. The van der Waals surface area contributed by atoms with Gasteiger partial charge in [0.05, 0.1) is 14.2 Å². The summed E-state index contributed by atoms with van der Waals surface area (Å²) < 4.78 is 9.65. The van der Waals surface area contributed by atoms with E-state index in [0.29, 0.717) is 5.69 Å². The zero-order valence-corrected chi connectivity index (χ0v) is 11.2. The first-order valence-corrected chi connectivity index (χ1v) is 5.43. The average molecular weight is 251 g/mol. The number of carbonyl (C=O) groups is 2. The van der Waals surface area contributed by atoms with Crippen LogP contribution in [0.4, 0.5) is 5.69 Å². The van der Waals surface area contributed by atoms with Gasteiger partial charge in [0, 0.05) is 12.7 Å². The maximum atomic E-state index is 11.7. The summed E-state index contributed by atoms with van der Waals surface area (Å²) in [6.07, 6.45) is 0. The van der Waals surface area contributed by atoms with Crippen LogP contribution in [0.15, 0.2) is 12.1 Å². The number of methoxy groups -OCH3 is 2. The van der Waals surface area contributed by atoms with Gasteiger partial charge in [0.15, 0.2) is 0 Å². The lowest BCUT2D eigenvalue weighted by molar-refractivity contribution is -0.151. The van der Waals surface area contributed by atoms with Crippen LogP contribution in [0.2, 0.25) is 0 Å². The van der Waals surface area contributed by atoms with E-state index < -0.39 is 11.9 Å². The summed E-state index contributed by atoms with van der Waals surface area (Å²) in [5.41, 5.74) is 2.43. The molecule has 0 fully saturated rings. The quantitative estimate of drug-likeness (QED) is 0.589. The number of benzene rings is 1. The van der Waals surface area contributed by atoms with Crippen molar-refractivity contribution in [2.24, 2.45) is 0 Å². The normalized spacial score (nSPS) is 9.83. The zero-order valence-electron chi connectivity index (χ0n) is 11.2. The number of aryl methyl sites for hydroxylation is 2. The van der Waals surface area contributed by atoms with Gasteiger partial charge in [0.1, 0.15) is 5.75 Å². The number of hydrogen-bond acceptors (Lipinski definition) is 4. The second kappa shape index (κ2) is 5.53. The fourth-order valence-electron chi connectivity index (χ4n) is 1.78. The Morgan fingerprint density at radius 1 is 1.11 bits per heavy atom. The van der Waals surface area contributed by atoms with Crippen molar-refractivity contribution in [2.45, 2.75) is 13.8 Å². The van der Waals surface area contributed by atoms with E-state index >= 15 is 0 Å². The van der Waals surface area contributed by atoms with Gasteiger partial charge < -0.3 is 14.4 Å². The predicted octanol–water partition coefficient (Wildman–Crippen LogP) is 1.45. The standard InChI is InChI=1S/C13H17NO4/c1-8-6-10(7-9(2)11(8)17-4)14(3)12(15)13(16)18-5/h6-7H,1-5H3. The summed E-state index contributed by atoms with van der Waals surface area (Å²) >= 11 is 0. The van der Waals surface area contributed by atoms with Crippen molar-refractivity contribution >= 4 is 17.6 Å². The molecule has 1 rings (SSSR count). The molecule has 18 heavy (non-hydrogen) atoms. The fourth-order valence-corrected chi connectivity index (χ4v) is 1.78. The Balaban J connectivity index is 3.11. The van der Waals surface area contributed by atoms with E-state index in [2.05, 4.69) is 4.74 Å². The first-order valence-electron chi connectivity index (χ1n) is 5.43. The number of anilines is 1. The van der Waals surface area contributed by atoms with Gasteiger partial charge in [-0.15, -0.1) is 0 Å². The van der Waals surface area contributed by atoms with Crippen LogP contribution >= 0.6 is 0 Å². The maximum absolute atomic E-state index is 11.7. The lowest BCUT2D eigenvalue weighted by Crippen LogP contribution is -2.34. The molecule has 0 atom stereocenters. The summed E-state index contributed by atoms with van der Waals surface area (Å²) in [5, 5.41) is 0. The molecule has 0 unspecified atom stereocenters. The number of rotatable bonds is 2. The Morgan fingerprint density at radius 3 is 2.00 bits per heavy atom. The molecule has 0 saturated carbocycles. The highest BCUT2D eigenvalue weighted by atomic mass is 16.5. The number of nitrogens with zero attached hydrogens (tertiary/aromatic N) is 1. The van der Waals surface area contributed by atoms with Crippen molar-refractivity contribution < 1.29 is 19.1 Å². The molecular weight excluding hydrogens is 234 g/mol. The first kappa shape index (κ1) is 14.0. The Morgan fingerprint density at radius 2 is 1.61 bits per heavy atom. The Kier molecular flexibility index (Phi) is 4.31. The third-order valence-corrected chi connectivity index (χ3v) is 2.70. The fraction of sp³-hybridized carbons (Fsp3) is 0.385. The average Bonchev–Trinajstić information content (AvgIpc) is 2.35. The highest BCUT2D eigenvalue weighted by molar-refractivity contribution is 6.37. The van der Waals surface area contributed by atoms with Gasteiger partial charge in [-0.05, 0) is 37.1 Å². The molecule has 0 saturated heterocycles. The topological polar surface area (TPSA) is 55.8 Å². The molecule has 98 valence electrons. The van der Waals surface area contributed by atoms with E-state index in [1.807, 2.05) is 13.8 Å². The molecule has 0 heterocycles. The summed E-state index contributed by atoms with van der Waals surface area (Å²) in [5.74, 6) is -0.817. The molecule has 5 nitrogen and oxygen atoms in total. The molecule has 1 amide bonds. The minimum Gasteiger partial charge on any atom is -0.496 e. The van der Waals surface area contributed by atoms with Crippen LogP contribution < -0.4 is 9.64 Å². The van der Waals surface area contributed by atoms with Crippen molar-refractivity contribution in [3.63, 3.8) is 0 Å². The highest BCUT2D eigenvalue weighted by Crippen LogP contribution is 2.28. The monoisotopic (exact) mass is 251 g/mol. The van der Waals surface area contributed by atoms with E-state index in [-0.39, 0.29) is 0 Å². The second-order valence-corrected chi connectivity index (χ2v) is 3.97. The molecular formula is C13H17NO4. The molecule has 0 aliphatic rings. The van der Waals surface area contributed by atoms with Crippen molar-refractivity contribution in [3.8, 4) is 5.75 Å². The van der Waals surface area contributed by atoms with Crippen molar-refractivity contribution in [1.82, 2.24) is 0 Å². The van der Waals surface area contributed by atoms with Gasteiger partial charge in [0.2, 0.25) is 0 Å². The largest absolute Gasteiger partial charge is 0.496 e. The van der Waals surface area contributed by atoms with Crippen LogP contribution in [0, 0.1) is 13.8 Å². The van der Waals surface area contributed by atoms with Crippen LogP contribution in [0.5, 0.6) is 5.75 Å². The predicted molar refractivity (Wildman–Crippen MR) is 67.9 cm³/mol. The number of esters is 1. The number of hydrogen-bond donors (Lipinski definition) is 0. The van der Waals surface area contributed by atoms with Crippen LogP contribution in [-0.4, -0.2) is 33.1 Å². The third kappa shape index (κ3) is 2.61. The Hall–Kier alpha value is -2.04. The SMILES string of the molecule is COC(=O)C(=O)N(C)c1cc(C)c(OC)c(C)c1. The van der Waals surface area contributed by atoms with E-state index in [9.17, 15) is 9.59 Å². The summed E-state index contributed by atoms with van der Waals surface area (Å²) in [6, 6.07) is 3.57. The Bertz CT molecular complexity index is 459. The van der Waals surface area contributed by atoms with E-state index in [1.54, 1.807) is 19.2 Å². The minimum atomic E-state index is -0.886. The van der Waals surface area contributed by atoms with Gasteiger partial charge >= 0.3 is 11.9 Å². The van der Waals surface area contributed by atoms with Gasteiger partial charge in [-0.1, -0.05) is 0 Å². The smallest absolute Gasteiger partial charge is 0.397 e. The van der Waals surface area contributed by atoms with Crippen LogP contribution in [-0.2, 0) is 14.3 Å². The number of amides is 1. The molecule has 0 spiro atoms. The molecule has 1 aromatic carbocycles. The lowest BCUT2D eigenvalue weighted by atomic mass is 10.1. The van der Waals surface area contributed by atoms with E-state index in [0.717, 1.165) is 16.9 Å². The minimum absolute atomic E-state index is 0.626. The maximum Gasteiger partial charge on any atom is 0.397 e. The molecule has 5 heteroatoms. The number of likely N-dealkylation sites (N-methyl/N-ethyl adjacent to an activating group) is 1. The van der Waals surface area contributed by atoms with Gasteiger partial charge in [-0.25, -0.2) is 4.79 Å². The van der Waals surface area contributed by atoms with Crippen LogP contribution in [0.3, 0.4) is 0 Å². The molecule has 0 bridgehead atoms. The van der Waals surface area contributed by atoms with Crippen molar-refractivity contribution in [3.05, 3.63) is 23.3 Å². The highest BCUT2D eigenvalue weighted by Gasteiger charge is 2.21. The zero-order chi connectivity index (χ0) is 13.9. The van der Waals surface area contributed by atoms with Gasteiger partial charge in [0.25, 0.3) is 0 Å². The second-order valence-electron chi connectivity index (χ2n) is 3.97. The number of carbonyl (C=O) groups excluding carboxylic acids is 2. The molecule has 0 aliphatic carbocycles. The summed E-state index contributed by atoms with van der Waals surface area (Å²) in [4.78, 5) is 24.1. The van der Waals surface area contributed by atoms with Crippen molar-refractivity contribution in [1.29, 1.82) is 0 Å². The Labute approximate surface area is 106 Å². The molecule has 0 radical (unpaired) electrons. The molecule has 0 N–H and O–H groups in total. The summed E-state index contributed by atoms with van der Waals surface area (Å²) in [6.45, 7) is 3.76. The molecule has 0 aromatic heterocycles. The first-order chi connectivity index (χ1) is 8.42. The summed E-state index contributed by atoms with van der Waals surface area (Å²) in [7, 11) is 4.30. The van der Waals surface area contributed by atoms with E-state index in [4.69, 9.17) is 4.74 Å². The van der Waals surface area contributed by atoms with Crippen molar-refractivity contribution in [2.75, 3.05) is 26.2 Å². The lowest BCUT2D eigenvalue weighted by Gasteiger charge is -2.18. The van der Waals surface area contributed by atoms with Crippen LogP contribution in [0.25, 0.3) is 0 Å². The van der Waals surface area contributed by atoms with Gasteiger partial charge in [-0.3, -0.25) is 4.79 Å². The van der Waals surface area contributed by atoms with Crippen LogP contribution in [0.1, 0.15) is 11.1 Å². The third-order valence-electron chi connectivity index (χ3n) is 2.70. The van der Waals surface area contributed by atoms with Gasteiger partial charge in [-0.2, -0.15) is 0 Å². The molecule has 1 aromatic rings. The molecule has 0 aliphatic heterocycles. The van der Waals surface area contributed by atoms with E-state index in [1.165, 1.54) is 19.1 Å².